The predicted octanol–water partition coefficient (Wildman–Crippen LogP) is 3.04. The maximum absolute atomic E-state index is 12.4. The van der Waals surface area contributed by atoms with Crippen LogP contribution in [0.1, 0.15) is 32.6 Å². The molecular formula is C13H18O2S. The zero-order valence-corrected chi connectivity index (χ0v) is 10.4. The molecule has 2 rings (SSSR count). The van der Waals surface area contributed by atoms with Gasteiger partial charge in [0.25, 0.3) is 0 Å². The normalized spacial score (nSPS) is 26.6. The molecule has 0 aliphatic heterocycles. The van der Waals surface area contributed by atoms with Crippen LogP contribution >= 0.6 is 0 Å². The molecule has 0 bridgehead atoms. The van der Waals surface area contributed by atoms with E-state index in [1.807, 2.05) is 6.07 Å². The van der Waals surface area contributed by atoms with Gasteiger partial charge in [0.05, 0.1) is 10.1 Å². The highest BCUT2D eigenvalue weighted by Crippen LogP contribution is 2.32. The van der Waals surface area contributed by atoms with Crippen LogP contribution in [0, 0.1) is 5.92 Å². The van der Waals surface area contributed by atoms with Crippen molar-refractivity contribution in [1.29, 1.82) is 0 Å². The fourth-order valence-electron chi connectivity index (χ4n) is 2.53. The van der Waals surface area contributed by atoms with E-state index in [0.717, 1.165) is 19.3 Å². The molecule has 0 N–H and O–H groups in total. The summed E-state index contributed by atoms with van der Waals surface area (Å²) in [5, 5.41) is -0.177. The van der Waals surface area contributed by atoms with Gasteiger partial charge in [-0.1, -0.05) is 38.0 Å². The summed E-state index contributed by atoms with van der Waals surface area (Å²) >= 11 is 0. The summed E-state index contributed by atoms with van der Waals surface area (Å²) in [4.78, 5) is 0.480. The summed E-state index contributed by atoms with van der Waals surface area (Å²) in [6.07, 6.45) is 4.07. The lowest BCUT2D eigenvalue weighted by Gasteiger charge is -2.28. The lowest BCUT2D eigenvalue weighted by molar-refractivity contribution is 0.381. The van der Waals surface area contributed by atoms with Crippen molar-refractivity contribution >= 4 is 9.84 Å². The summed E-state index contributed by atoms with van der Waals surface area (Å²) in [7, 11) is -3.11. The standard InChI is InChI=1S/C13H18O2S/c1-11-7-5-6-10-13(11)16(14,15)12-8-3-2-4-9-12/h2-4,8-9,11,13H,5-7,10H2,1H3/t11-,13-/m1/s1. The van der Waals surface area contributed by atoms with Crippen LogP contribution in [0.4, 0.5) is 0 Å². The number of rotatable bonds is 2. The minimum atomic E-state index is -3.11. The van der Waals surface area contributed by atoms with Crippen LogP contribution < -0.4 is 0 Å². The summed E-state index contributed by atoms with van der Waals surface area (Å²) in [6, 6.07) is 8.84. The molecule has 0 spiro atoms. The van der Waals surface area contributed by atoms with E-state index < -0.39 is 9.84 Å². The lowest BCUT2D eigenvalue weighted by atomic mass is 9.90. The van der Waals surface area contributed by atoms with Crippen LogP contribution in [-0.2, 0) is 9.84 Å². The van der Waals surface area contributed by atoms with E-state index in [9.17, 15) is 8.42 Å². The second-order valence-corrected chi connectivity index (χ2v) is 6.83. The van der Waals surface area contributed by atoms with Crippen molar-refractivity contribution < 1.29 is 8.42 Å². The molecule has 0 unspecified atom stereocenters. The highest BCUT2D eigenvalue weighted by atomic mass is 32.2. The Morgan fingerprint density at radius 1 is 1.06 bits per heavy atom. The Bertz CT molecular complexity index is 436. The molecule has 1 aliphatic rings. The van der Waals surface area contributed by atoms with Crippen molar-refractivity contribution in [3.63, 3.8) is 0 Å². The molecule has 1 saturated carbocycles. The first-order valence-electron chi connectivity index (χ1n) is 5.91. The van der Waals surface area contributed by atoms with Crippen LogP contribution in [0.5, 0.6) is 0 Å². The van der Waals surface area contributed by atoms with E-state index in [2.05, 4.69) is 6.92 Å². The van der Waals surface area contributed by atoms with Gasteiger partial charge in [0.2, 0.25) is 0 Å². The maximum atomic E-state index is 12.4. The quantitative estimate of drug-likeness (QED) is 0.793. The first-order chi connectivity index (χ1) is 7.62. The number of hydrogen-bond donors (Lipinski definition) is 0. The lowest BCUT2D eigenvalue weighted by Crippen LogP contribution is -2.31. The van der Waals surface area contributed by atoms with Crippen molar-refractivity contribution in [3.8, 4) is 0 Å². The molecule has 1 aromatic carbocycles. The van der Waals surface area contributed by atoms with Crippen molar-refractivity contribution in [2.45, 2.75) is 42.8 Å². The maximum Gasteiger partial charge on any atom is 0.181 e. The molecule has 0 saturated heterocycles. The number of hydrogen-bond acceptors (Lipinski definition) is 2. The SMILES string of the molecule is C[C@@H]1CCCC[C@H]1S(=O)(=O)c1ccccc1. The van der Waals surface area contributed by atoms with Gasteiger partial charge in [-0.15, -0.1) is 0 Å². The molecular weight excluding hydrogens is 220 g/mol. The zero-order valence-electron chi connectivity index (χ0n) is 9.59. The molecule has 1 aliphatic carbocycles. The Morgan fingerprint density at radius 3 is 2.31 bits per heavy atom. The Hall–Kier alpha value is -0.830. The second kappa shape index (κ2) is 4.58. The van der Waals surface area contributed by atoms with Crippen LogP contribution in [0.15, 0.2) is 35.2 Å². The first kappa shape index (κ1) is 11.6. The average Bonchev–Trinajstić information content (AvgIpc) is 2.30. The smallest absolute Gasteiger partial charge is 0.181 e. The van der Waals surface area contributed by atoms with Crippen molar-refractivity contribution in [2.75, 3.05) is 0 Å². The summed E-state index contributed by atoms with van der Waals surface area (Å²) in [5.74, 6) is 0.291. The van der Waals surface area contributed by atoms with E-state index in [1.165, 1.54) is 6.42 Å². The second-order valence-electron chi connectivity index (χ2n) is 4.66. The monoisotopic (exact) mass is 238 g/mol. The molecule has 0 heterocycles. The molecule has 2 nitrogen and oxygen atoms in total. The van der Waals surface area contributed by atoms with Crippen LogP contribution in [-0.4, -0.2) is 13.7 Å². The highest BCUT2D eigenvalue weighted by molar-refractivity contribution is 7.92. The van der Waals surface area contributed by atoms with Crippen molar-refractivity contribution in [2.24, 2.45) is 5.92 Å². The van der Waals surface area contributed by atoms with E-state index in [-0.39, 0.29) is 5.25 Å². The minimum Gasteiger partial charge on any atom is -0.223 e. The van der Waals surface area contributed by atoms with Crippen molar-refractivity contribution in [3.05, 3.63) is 30.3 Å². The fourth-order valence-corrected chi connectivity index (χ4v) is 4.64. The van der Waals surface area contributed by atoms with Gasteiger partial charge in [0, 0.05) is 0 Å². The van der Waals surface area contributed by atoms with Crippen LogP contribution in [0.2, 0.25) is 0 Å². The number of sulfone groups is 1. The van der Waals surface area contributed by atoms with Crippen molar-refractivity contribution in [1.82, 2.24) is 0 Å². The minimum absolute atomic E-state index is 0.177. The van der Waals surface area contributed by atoms with E-state index in [0.29, 0.717) is 10.8 Å². The van der Waals surface area contributed by atoms with Gasteiger partial charge in [0.1, 0.15) is 0 Å². The largest absolute Gasteiger partial charge is 0.223 e. The van der Waals surface area contributed by atoms with Crippen LogP contribution in [0.3, 0.4) is 0 Å². The van der Waals surface area contributed by atoms with E-state index >= 15 is 0 Å². The molecule has 1 aromatic rings. The first-order valence-corrected chi connectivity index (χ1v) is 7.46. The summed E-state index contributed by atoms with van der Waals surface area (Å²) in [5.41, 5.74) is 0. The fraction of sp³-hybridized carbons (Fsp3) is 0.538. The van der Waals surface area contributed by atoms with E-state index in [4.69, 9.17) is 0 Å². The Labute approximate surface area is 97.6 Å². The molecule has 0 radical (unpaired) electrons. The third-order valence-corrected chi connectivity index (χ3v) is 5.93. The van der Waals surface area contributed by atoms with E-state index in [1.54, 1.807) is 24.3 Å². The molecule has 3 heteroatoms. The van der Waals surface area contributed by atoms with Gasteiger partial charge in [-0.05, 0) is 30.9 Å². The Morgan fingerprint density at radius 2 is 1.69 bits per heavy atom. The topological polar surface area (TPSA) is 34.1 Å². The van der Waals surface area contributed by atoms with Gasteiger partial charge in [-0.3, -0.25) is 0 Å². The van der Waals surface area contributed by atoms with Gasteiger partial charge >= 0.3 is 0 Å². The Kier molecular flexibility index (Phi) is 3.33. The van der Waals surface area contributed by atoms with Gasteiger partial charge in [-0.2, -0.15) is 0 Å². The highest BCUT2D eigenvalue weighted by Gasteiger charge is 2.33. The van der Waals surface area contributed by atoms with Gasteiger partial charge in [0.15, 0.2) is 9.84 Å². The molecule has 1 fully saturated rings. The summed E-state index contributed by atoms with van der Waals surface area (Å²) in [6.45, 7) is 2.06. The third kappa shape index (κ3) is 2.14. The zero-order chi connectivity index (χ0) is 11.6. The predicted molar refractivity (Wildman–Crippen MR) is 65.0 cm³/mol. The van der Waals surface area contributed by atoms with Gasteiger partial charge < -0.3 is 0 Å². The average molecular weight is 238 g/mol. The molecule has 88 valence electrons. The molecule has 0 amide bonds. The summed E-state index contributed by atoms with van der Waals surface area (Å²) < 4.78 is 24.8. The number of benzene rings is 1. The molecule has 16 heavy (non-hydrogen) atoms. The van der Waals surface area contributed by atoms with Crippen LogP contribution in [0.25, 0.3) is 0 Å². The van der Waals surface area contributed by atoms with Gasteiger partial charge in [-0.25, -0.2) is 8.42 Å². The molecule has 0 aromatic heterocycles. The molecule has 2 atom stereocenters. The third-order valence-electron chi connectivity index (χ3n) is 3.50. The Balaban J connectivity index is 2.32.